The van der Waals surface area contributed by atoms with Gasteiger partial charge < -0.3 is 10.2 Å². The summed E-state index contributed by atoms with van der Waals surface area (Å²) in [6, 6.07) is -1.62. The minimum Gasteiger partial charge on any atom is -0.443 e. The van der Waals surface area contributed by atoms with Gasteiger partial charge in [-0.15, -0.1) is 0 Å². The van der Waals surface area contributed by atoms with Crippen molar-refractivity contribution >= 4 is 6.03 Å². The standard InChI is InChI=1S/C8H13N3O3/c1-4-6(3)14-7(10-4)5(2)11(13)8(9)12/h5,13H,1-3H3,(H2,9,12). The third-order valence-electron chi connectivity index (χ3n) is 2.00. The van der Waals surface area contributed by atoms with E-state index in [1.807, 2.05) is 0 Å². The van der Waals surface area contributed by atoms with Crippen LogP contribution >= 0.6 is 0 Å². The predicted molar refractivity (Wildman–Crippen MR) is 47.6 cm³/mol. The number of carbonyl (C=O) groups is 1. The van der Waals surface area contributed by atoms with Gasteiger partial charge in [0, 0.05) is 0 Å². The summed E-state index contributed by atoms with van der Waals surface area (Å²) in [6.45, 7) is 5.10. The Labute approximate surface area is 81.3 Å². The molecule has 1 aromatic rings. The van der Waals surface area contributed by atoms with Crippen molar-refractivity contribution in [3.8, 4) is 0 Å². The molecular formula is C8H13N3O3. The number of rotatable bonds is 2. The Morgan fingerprint density at radius 2 is 2.21 bits per heavy atom. The molecule has 1 rings (SSSR count). The summed E-state index contributed by atoms with van der Waals surface area (Å²) < 4.78 is 5.23. The van der Waals surface area contributed by atoms with Crippen molar-refractivity contribution in [2.24, 2.45) is 5.73 Å². The Balaban J connectivity index is 2.89. The van der Waals surface area contributed by atoms with E-state index in [9.17, 15) is 10.0 Å². The minimum absolute atomic E-state index is 0.265. The number of hydrogen-bond donors (Lipinski definition) is 2. The van der Waals surface area contributed by atoms with Crippen molar-refractivity contribution in [2.45, 2.75) is 26.8 Å². The van der Waals surface area contributed by atoms with Crippen molar-refractivity contribution < 1.29 is 14.4 Å². The third kappa shape index (κ3) is 1.85. The van der Waals surface area contributed by atoms with Crippen LogP contribution in [-0.2, 0) is 0 Å². The van der Waals surface area contributed by atoms with Crippen LogP contribution in [0.5, 0.6) is 0 Å². The molecule has 78 valence electrons. The molecule has 1 unspecified atom stereocenters. The molecule has 0 fully saturated rings. The van der Waals surface area contributed by atoms with Gasteiger partial charge in [0.05, 0.1) is 5.69 Å². The monoisotopic (exact) mass is 199 g/mol. The van der Waals surface area contributed by atoms with Crippen LogP contribution in [0.2, 0.25) is 0 Å². The third-order valence-corrected chi connectivity index (χ3v) is 2.00. The van der Waals surface area contributed by atoms with Gasteiger partial charge in [0.2, 0.25) is 5.89 Å². The zero-order valence-electron chi connectivity index (χ0n) is 8.31. The van der Waals surface area contributed by atoms with Crippen molar-refractivity contribution in [3.63, 3.8) is 0 Å². The fourth-order valence-corrected chi connectivity index (χ4v) is 0.972. The molecule has 0 bridgehead atoms. The van der Waals surface area contributed by atoms with E-state index in [0.29, 0.717) is 10.8 Å². The van der Waals surface area contributed by atoms with E-state index in [1.54, 1.807) is 20.8 Å². The number of aromatic nitrogens is 1. The molecule has 0 spiro atoms. The number of amides is 2. The Kier molecular flexibility index (Phi) is 2.76. The Morgan fingerprint density at radius 3 is 2.57 bits per heavy atom. The van der Waals surface area contributed by atoms with Gasteiger partial charge in [0.25, 0.3) is 0 Å². The summed E-state index contributed by atoms with van der Waals surface area (Å²) in [5.74, 6) is 0.922. The Morgan fingerprint density at radius 1 is 1.64 bits per heavy atom. The zero-order chi connectivity index (χ0) is 10.9. The average Bonchev–Trinajstić information content (AvgIpc) is 2.44. The highest BCUT2D eigenvalue weighted by atomic mass is 16.5. The first-order valence-electron chi connectivity index (χ1n) is 4.15. The van der Waals surface area contributed by atoms with E-state index in [2.05, 4.69) is 4.98 Å². The number of oxazole rings is 1. The summed E-state index contributed by atoms with van der Waals surface area (Å²) in [7, 11) is 0. The first-order valence-corrected chi connectivity index (χ1v) is 4.15. The smallest absolute Gasteiger partial charge is 0.339 e. The first kappa shape index (κ1) is 10.5. The van der Waals surface area contributed by atoms with Gasteiger partial charge in [-0.2, -0.15) is 5.06 Å². The number of aryl methyl sites for hydroxylation is 2. The highest BCUT2D eigenvalue weighted by Crippen LogP contribution is 2.19. The molecule has 0 saturated heterocycles. The molecular weight excluding hydrogens is 186 g/mol. The lowest BCUT2D eigenvalue weighted by molar-refractivity contribution is -0.0777. The van der Waals surface area contributed by atoms with E-state index in [0.717, 1.165) is 5.69 Å². The van der Waals surface area contributed by atoms with Crippen LogP contribution in [0, 0.1) is 13.8 Å². The van der Waals surface area contributed by atoms with E-state index >= 15 is 0 Å². The molecule has 0 aliphatic heterocycles. The second-order valence-electron chi connectivity index (χ2n) is 3.05. The lowest BCUT2D eigenvalue weighted by Gasteiger charge is -2.16. The van der Waals surface area contributed by atoms with Gasteiger partial charge in [0.15, 0.2) is 0 Å². The van der Waals surface area contributed by atoms with Crippen molar-refractivity contribution in [1.82, 2.24) is 10.0 Å². The van der Waals surface area contributed by atoms with Crippen molar-refractivity contribution in [2.75, 3.05) is 0 Å². The molecule has 1 atom stereocenters. The van der Waals surface area contributed by atoms with Crippen LogP contribution in [0.15, 0.2) is 4.42 Å². The van der Waals surface area contributed by atoms with Crippen molar-refractivity contribution in [1.29, 1.82) is 0 Å². The van der Waals surface area contributed by atoms with Crippen LogP contribution < -0.4 is 5.73 Å². The number of nitrogens with two attached hydrogens (primary N) is 1. The van der Waals surface area contributed by atoms with Gasteiger partial charge in [-0.1, -0.05) is 0 Å². The van der Waals surface area contributed by atoms with Gasteiger partial charge in [-0.3, -0.25) is 5.21 Å². The molecule has 0 aliphatic carbocycles. The van der Waals surface area contributed by atoms with Gasteiger partial charge in [-0.25, -0.2) is 9.78 Å². The SMILES string of the molecule is Cc1nc(C(C)N(O)C(N)=O)oc1C. The predicted octanol–water partition coefficient (Wildman–Crippen LogP) is 1.12. The molecule has 0 aliphatic rings. The number of urea groups is 1. The molecule has 14 heavy (non-hydrogen) atoms. The molecule has 1 aromatic heterocycles. The first-order chi connectivity index (χ1) is 6.43. The second kappa shape index (κ2) is 3.67. The van der Waals surface area contributed by atoms with E-state index in [-0.39, 0.29) is 5.89 Å². The van der Waals surface area contributed by atoms with Crippen LogP contribution in [0.3, 0.4) is 0 Å². The van der Waals surface area contributed by atoms with Gasteiger partial charge >= 0.3 is 6.03 Å². The van der Waals surface area contributed by atoms with Crippen LogP contribution in [0.1, 0.15) is 30.3 Å². The highest BCUT2D eigenvalue weighted by Gasteiger charge is 2.22. The fourth-order valence-electron chi connectivity index (χ4n) is 0.972. The number of carbonyl (C=O) groups excluding carboxylic acids is 1. The molecule has 1 heterocycles. The number of nitrogens with zero attached hydrogens (tertiary/aromatic N) is 2. The average molecular weight is 199 g/mol. The summed E-state index contributed by atoms with van der Waals surface area (Å²) in [5, 5.41) is 9.59. The molecule has 0 aromatic carbocycles. The van der Waals surface area contributed by atoms with E-state index < -0.39 is 12.1 Å². The molecule has 3 N–H and O–H groups in total. The summed E-state index contributed by atoms with van der Waals surface area (Å²) in [6.07, 6.45) is 0. The summed E-state index contributed by atoms with van der Waals surface area (Å²) in [5.41, 5.74) is 5.61. The second-order valence-corrected chi connectivity index (χ2v) is 3.05. The highest BCUT2D eigenvalue weighted by molar-refractivity contribution is 5.70. The molecule has 6 heteroatoms. The van der Waals surface area contributed by atoms with Crippen LogP contribution in [0.25, 0.3) is 0 Å². The van der Waals surface area contributed by atoms with Gasteiger partial charge in [0.1, 0.15) is 11.8 Å². The Hall–Kier alpha value is -1.56. The number of primary amides is 1. The lowest BCUT2D eigenvalue weighted by atomic mass is 10.3. The fraction of sp³-hybridized carbons (Fsp3) is 0.500. The largest absolute Gasteiger partial charge is 0.443 e. The summed E-state index contributed by atoms with van der Waals surface area (Å²) in [4.78, 5) is 14.7. The van der Waals surface area contributed by atoms with Crippen LogP contribution in [-0.4, -0.2) is 21.3 Å². The summed E-state index contributed by atoms with van der Waals surface area (Å²) >= 11 is 0. The maximum absolute atomic E-state index is 10.6. The van der Waals surface area contributed by atoms with E-state index in [4.69, 9.17) is 10.2 Å². The molecule has 0 radical (unpaired) electrons. The van der Waals surface area contributed by atoms with E-state index in [1.165, 1.54) is 0 Å². The van der Waals surface area contributed by atoms with Gasteiger partial charge in [-0.05, 0) is 20.8 Å². The maximum atomic E-state index is 10.6. The normalized spacial score (nSPS) is 12.6. The van der Waals surface area contributed by atoms with Crippen LogP contribution in [0.4, 0.5) is 4.79 Å². The quantitative estimate of drug-likeness (QED) is 0.551. The zero-order valence-corrected chi connectivity index (χ0v) is 8.31. The molecule has 2 amide bonds. The number of hydroxylamine groups is 2. The minimum atomic E-state index is -0.939. The lowest BCUT2D eigenvalue weighted by Crippen LogP contribution is -2.34. The molecule has 6 nitrogen and oxygen atoms in total. The topological polar surface area (TPSA) is 92.6 Å². The molecule has 0 saturated carbocycles. The van der Waals surface area contributed by atoms with Crippen molar-refractivity contribution in [3.05, 3.63) is 17.3 Å². The maximum Gasteiger partial charge on any atom is 0.339 e. The number of hydrogen-bond acceptors (Lipinski definition) is 4. The Bertz CT molecular complexity index is 328.